The molecule has 166 valence electrons. The van der Waals surface area contributed by atoms with Crippen LogP contribution in [0.1, 0.15) is 34.7 Å². The first-order valence-electron chi connectivity index (χ1n) is 10.1. The van der Waals surface area contributed by atoms with Gasteiger partial charge in [0.25, 0.3) is 5.91 Å². The zero-order valence-corrected chi connectivity index (χ0v) is 17.2. The minimum absolute atomic E-state index is 0.0501. The van der Waals surface area contributed by atoms with Crippen LogP contribution in [0.25, 0.3) is 33.2 Å². The molecule has 33 heavy (non-hydrogen) atoms. The van der Waals surface area contributed by atoms with Crippen LogP contribution in [-0.2, 0) is 6.18 Å². The highest BCUT2D eigenvalue weighted by Crippen LogP contribution is 2.31. The summed E-state index contributed by atoms with van der Waals surface area (Å²) >= 11 is 0. The lowest BCUT2D eigenvalue weighted by molar-refractivity contribution is -0.137. The van der Waals surface area contributed by atoms with Crippen molar-refractivity contribution >= 4 is 27.8 Å². The lowest BCUT2D eigenvalue weighted by atomic mass is 10.0. The van der Waals surface area contributed by atoms with Crippen molar-refractivity contribution in [3.8, 4) is 11.3 Å². The van der Waals surface area contributed by atoms with E-state index >= 15 is 0 Å². The van der Waals surface area contributed by atoms with Crippen molar-refractivity contribution in [2.45, 2.75) is 19.1 Å². The molecule has 5 rings (SSSR count). The van der Waals surface area contributed by atoms with E-state index in [0.29, 0.717) is 16.6 Å². The van der Waals surface area contributed by atoms with Gasteiger partial charge in [-0.1, -0.05) is 12.1 Å². The number of aromatic nitrogens is 5. The van der Waals surface area contributed by atoms with Gasteiger partial charge >= 0.3 is 6.18 Å². The SMILES string of the molecule is CC(NC(=O)c1nc2cc3[nH][nH]c(-c4ccncc4)c3cc2n1)c1cccc(C(F)(F)F)c1. The molecule has 0 aliphatic rings. The van der Waals surface area contributed by atoms with Gasteiger partial charge in [0.15, 0.2) is 0 Å². The minimum Gasteiger partial charge on any atom is -0.343 e. The lowest BCUT2D eigenvalue weighted by Gasteiger charge is -2.15. The first-order chi connectivity index (χ1) is 15.8. The number of hydrogen-bond donors (Lipinski definition) is 3. The molecule has 0 saturated carbocycles. The fraction of sp³-hybridized carbons (Fsp3) is 0.130. The predicted molar refractivity (Wildman–Crippen MR) is 116 cm³/mol. The first kappa shape index (κ1) is 20.7. The van der Waals surface area contributed by atoms with Crippen molar-refractivity contribution < 1.29 is 18.0 Å². The molecule has 1 atom stereocenters. The third-order valence-electron chi connectivity index (χ3n) is 5.39. The molecule has 0 fully saturated rings. The number of aromatic amines is 2. The Bertz CT molecular complexity index is 1470. The molecule has 0 aliphatic heterocycles. The van der Waals surface area contributed by atoms with Gasteiger partial charge < -0.3 is 10.4 Å². The summed E-state index contributed by atoms with van der Waals surface area (Å²) in [4.78, 5) is 25.4. The van der Waals surface area contributed by atoms with E-state index in [1.807, 2.05) is 18.2 Å². The van der Waals surface area contributed by atoms with E-state index in [1.165, 1.54) is 12.1 Å². The molecular weight excluding hydrogens is 433 g/mol. The van der Waals surface area contributed by atoms with Crippen LogP contribution in [0.2, 0.25) is 0 Å². The highest BCUT2D eigenvalue weighted by atomic mass is 19.4. The fourth-order valence-electron chi connectivity index (χ4n) is 3.69. The number of benzene rings is 2. The second-order valence-electron chi connectivity index (χ2n) is 7.61. The van der Waals surface area contributed by atoms with Crippen LogP contribution in [0.4, 0.5) is 13.2 Å². The number of imidazole rings is 1. The quantitative estimate of drug-likeness (QED) is 0.358. The Morgan fingerprint density at radius 1 is 1.00 bits per heavy atom. The molecule has 0 spiro atoms. The first-order valence-corrected chi connectivity index (χ1v) is 10.1. The van der Waals surface area contributed by atoms with Gasteiger partial charge in [-0.2, -0.15) is 13.2 Å². The summed E-state index contributed by atoms with van der Waals surface area (Å²) < 4.78 is 39.0. The van der Waals surface area contributed by atoms with Gasteiger partial charge in [0.05, 0.1) is 33.8 Å². The molecule has 0 radical (unpaired) electrons. The third kappa shape index (κ3) is 3.91. The third-order valence-corrected chi connectivity index (χ3v) is 5.39. The zero-order chi connectivity index (χ0) is 23.2. The number of fused-ring (bicyclic) bond motifs is 2. The van der Waals surface area contributed by atoms with Gasteiger partial charge in [-0.25, -0.2) is 9.97 Å². The zero-order valence-electron chi connectivity index (χ0n) is 17.2. The molecule has 1 unspecified atom stereocenters. The molecule has 7 nitrogen and oxygen atoms in total. The molecule has 0 bridgehead atoms. The maximum Gasteiger partial charge on any atom is 0.416 e. The van der Waals surface area contributed by atoms with Gasteiger partial charge in [0, 0.05) is 23.3 Å². The van der Waals surface area contributed by atoms with Crippen molar-refractivity contribution in [2.75, 3.05) is 0 Å². The number of amides is 1. The van der Waals surface area contributed by atoms with Crippen molar-refractivity contribution in [3.05, 3.63) is 77.9 Å². The number of carbonyl (C=O) groups excluding carboxylic acids is 1. The minimum atomic E-state index is -4.46. The van der Waals surface area contributed by atoms with E-state index in [4.69, 9.17) is 0 Å². The van der Waals surface area contributed by atoms with Crippen LogP contribution in [-0.4, -0.2) is 31.1 Å². The number of hydrogen-bond acceptors (Lipinski definition) is 4. The Morgan fingerprint density at radius 3 is 2.45 bits per heavy atom. The van der Waals surface area contributed by atoms with Crippen LogP contribution in [0.5, 0.6) is 0 Å². The van der Waals surface area contributed by atoms with Crippen LogP contribution < -0.4 is 5.32 Å². The number of H-pyrrole nitrogens is 2. The lowest BCUT2D eigenvalue weighted by Crippen LogP contribution is -2.27. The van der Waals surface area contributed by atoms with E-state index in [2.05, 4.69) is 30.5 Å². The Morgan fingerprint density at radius 2 is 1.73 bits per heavy atom. The Balaban J connectivity index is 1.42. The molecule has 10 heteroatoms. The second kappa shape index (κ2) is 7.73. The highest BCUT2D eigenvalue weighted by Gasteiger charge is 2.31. The van der Waals surface area contributed by atoms with Gasteiger partial charge in [0.2, 0.25) is 5.82 Å². The van der Waals surface area contributed by atoms with E-state index in [0.717, 1.165) is 34.3 Å². The van der Waals surface area contributed by atoms with Gasteiger partial charge in [0.1, 0.15) is 0 Å². The van der Waals surface area contributed by atoms with Crippen LogP contribution in [0.3, 0.4) is 0 Å². The topological polar surface area (TPSA) is 99.3 Å². The summed E-state index contributed by atoms with van der Waals surface area (Å²) in [5.41, 5.74) is 3.19. The molecule has 0 saturated heterocycles. The highest BCUT2D eigenvalue weighted by molar-refractivity contribution is 6.02. The molecule has 0 aliphatic carbocycles. The van der Waals surface area contributed by atoms with Crippen molar-refractivity contribution in [2.24, 2.45) is 0 Å². The normalized spacial score (nSPS) is 12.8. The van der Waals surface area contributed by atoms with E-state index in [1.54, 1.807) is 25.4 Å². The predicted octanol–water partition coefficient (Wildman–Crippen LogP) is 5.01. The Labute approximate surface area is 185 Å². The average molecular weight is 450 g/mol. The number of nitrogens with zero attached hydrogens (tertiary/aromatic N) is 3. The number of nitrogens with one attached hydrogen (secondary N) is 3. The van der Waals surface area contributed by atoms with E-state index < -0.39 is 23.7 Å². The summed E-state index contributed by atoms with van der Waals surface area (Å²) in [5, 5.41) is 9.75. The van der Waals surface area contributed by atoms with Gasteiger partial charge in [-0.05, 0) is 48.9 Å². The van der Waals surface area contributed by atoms with E-state index in [-0.39, 0.29) is 5.82 Å². The molecular formula is C23H17F3N6O. The van der Waals surface area contributed by atoms with Crippen molar-refractivity contribution in [3.63, 3.8) is 0 Å². The molecule has 2 aromatic carbocycles. The molecule has 5 aromatic rings. The summed E-state index contributed by atoms with van der Waals surface area (Å²) in [6, 6.07) is 11.5. The average Bonchev–Trinajstić information content (AvgIpc) is 3.41. The second-order valence-corrected chi connectivity index (χ2v) is 7.61. The fourth-order valence-corrected chi connectivity index (χ4v) is 3.69. The number of halogens is 3. The van der Waals surface area contributed by atoms with E-state index in [9.17, 15) is 18.0 Å². The summed E-state index contributed by atoms with van der Waals surface area (Å²) in [5.74, 6) is -0.619. The van der Waals surface area contributed by atoms with Crippen molar-refractivity contribution in [1.29, 1.82) is 0 Å². The maximum atomic E-state index is 13.0. The largest absolute Gasteiger partial charge is 0.416 e. The summed E-state index contributed by atoms with van der Waals surface area (Å²) in [7, 11) is 0. The summed E-state index contributed by atoms with van der Waals surface area (Å²) in [6.45, 7) is 1.61. The maximum absolute atomic E-state index is 13.0. The van der Waals surface area contributed by atoms with Gasteiger partial charge in [-0.15, -0.1) is 0 Å². The molecule has 3 aromatic heterocycles. The Hall–Kier alpha value is -4.21. The van der Waals surface area contributed by atoms with Crippen molar-refractivity contribution in [1.82, 2.24) is 30.5 Å². The number of alkyl halides is 3. The van der Waals surface area contributed by atoms with Crippen LogP contribution in [0.15, 0.2) is 60.9 Å². The molecule has 3 N–H and O–H groups in total. The Kier molecular flexibility index (Phi) is 4.85. The molecule has 3 heterocycles. The molecule has 1 amide bonds. The van der Waals surface area contributed by atoms with Gasteiger partial charge in [-0.3, -0.25) is 14.9 Å². The number of rotatable bonds is 4. The monoisotopic (exact) mass is 450 g/mol. The van der Waals surface area contributed by atoms with Crippen LogP contribution >= 0.6 is 0 Å². The smallest absolute Gasteiger partial charge is 0.343 e. The number of pyridine rings is 1. The number of carbonyl (C=O) groups is 1. The van der Waals surface area contributed by atoms with Crippen LogP contribution in [0, 0.1) is 0 Å². The standard InChI is InChI=1S/C23H17F3N6O/c1-12(14-3-2-4-15(9-14)23(24,25)26)28-22(33)21-29-18-10-16-17(11-19(18)30-21)31-32-20(16)13-5-7-27-8-6-13/h2-12,31-32H,1H3,(H,28,33). The summed E-state index contributed by atoms with van der Waals surface area (Å²) in [6.07, 6.45) is -1.07.